The molecule has 2 aliphatic carbocycles. The highest BCUT2D eigenvalue weighted by Gasteiger charge is 2.47. The Hall–Kier alpha value is -0.600. The van der Waals surface area contributed by atoms with E-state index < -0.39 is 6.10 Å². The van der Waals surface area contributed by atoms with Gasteiger partial charge < -0.3 is 10.2 Å². The summed E-state index contributed by atoms with van der Waals surface area (Å²) in [5, 5.41) is 20.1. The Labute approximate surface area is 104 Å². The number of fused-ring (bicyclic) bond motifs is 1. The Morgan fingerprint density at radius 1 is 1.29 bits per heavy atom. The maximum Gasteiger partial charge on any atom is 0.0760 e. The normalized spacial score (nSPS) is 41.5. The molecule has 0 unspecified atom stereocenters. The van der Waals surface area contributed by atoms with Crippen LogP contribution in [0.2, 0.25) is 0 Å². The summed E-state index contributed by atoms with van der Waals surface area (Å²) in [6.45, 7) is 10.5. The average Bonchev–Trinajstić information content (AvgIpc) is 2.30. The van der Waals surface area contributed by atoms with Crippen LogP contribution >= 0.6 is 0 Å². The molecule has 2 rings (SSSR count). The van der Waals surface area contributed by atoms with E-state index in [4.69, 9.17) is 0 Å². The topological polar surface area (TPSA) is 40.5 Å². The molecule has 0 aliphatic heterocycles. The zero-order valence-corrected chi connectivity index (χ0v) is 11.1. The van der Waals surface area contributed by atoms with Crippen molar-refractivity contribution in [3.8, 4) is 0 Å². The molecule has 0 heterocycles. The van der Waals surface area contributed by atoms with Crippen molar-refractivity contribution in [1.29, 1.82) is 0 Å². The van der Waals surface area contributed by atoms with Crippen LogP contribution in [-0.4, -0.2) is 22.4 Å². The summed E-state index contributed by atoms with van der Waals surface area (Å²) >= 11 is 0. The van der Waals surface area contributed by atoms with Crippen molar-refractivity contribution in [3.63, 3.8) is 0 Å². The molecule has 0 amide bonds. The van der Waals surface area contributed by atoms with E-state index in [-0.39, 0.29) is 11.5 Å². The lowest BCUT2D eigenvalue weighted by molar-refractivity contribution is -0.0355. The lowest BCUT2D eigenvalue weighted by Crippen LogP contribution is -2.45. The van der Waals surface area contributed by atoms with Crippen molar-refractivity contribution >= 4 is 0 Å². The molecule has 0 spiro atoms. The van der Waals surface area contributed by atoms with Gasteiger partial charge in [-0.1, -0.05) is 37.6 Å². The van der Waals surface area contributed by atoms with Crippen LogP contribution in [0.25, 0.3) is 0 Å². The molecule has 96 valence electrons. The average molecular weight is 236 g/mol. The van der Waals surface area contributed by atoms with E-state index in [9.17, 15) is 10.2 Å². The van der Waals surface area contributed by atoms with Crippen molar-refractivity contribution < 1.29 is 10.2 Å². The number of aliphatic hydroxyl groups excluding tert-OH is 2. The molecule has 17 heavy (non-hydrogen) atoms. The number of hydrogen-bond acceptors (Lipinski definition) is 2. The summed E-state index contributed by atoms with van der Waals surface area (Å²) in [5.41, 5.74) is 2.23. The van der Waals surface area contributed by atoms with E-state index in [0.717, 1.165) is 18.4 Å². The first-order chi connectivity index (χ1) is 7.84. The van der Waals surface area contributed by atoms with Gasteiger partial charge in [-0.2, -0.15) is 0 Å². The van der Waals surface area contributed by atoms with Gasteiger partial charge in [0, 0.05) is 0 Å². The molecule has 1 fully saturated rings. The Morgan fingerprint density at radius 2 is 1.94 bits per heavy atom. The fourth-order valence-electron chi connectivity index (χ4n) is 3.83. The standard InChI is InChI=1S/C15H24O2/c1-9-7-11(16)8-10(2)14-12(9)5-6-13(17)15(14,3)4/h8,11-14,16-17H,1,5-7H2,2-4H3/t11-,12-,13-,14+/m1/s1. The summed E-state index contributed by atoms with van der Waals surface area (Å²) < 4.78 is 0. The fraction of sp³-hybridized carbons (Fsp3) is 0.733. The van der Waals surface area contributed by atoms with Gasteiger partial charge in [0.1, 0.15) is 0 Å². The van der Waals surface area contributed by atoms with Crippen LogP contribution in [0.3, 0.4) is 0 Å². The molecule has 2 aliphatic rings. The molecule has 0 aromatic rings. The first kappa shape index (κ1) is 12.8. The van der Waals surface area contributed by atoms with Gasteiger partial charge in [0.05, 0.1) is 12.2 Å². The second-order valence-electron chi connectivity index (χ2n) is 6.34. The van der Waals surface area contributed by atoms with Crippen LogP contribution in [0.4, 0.5) is 0 Å². The minimum Gasteiger partial charge on any atom is -0.393 e. The molecule has 0 bridgehead atoms. The SMILES string of the molecule is C=C1C[C@@H](O)C=C(C)[C@H]2[C@@H]1CC[C@@H](O)C2(C)C. The van der Waals surface area contributed by atoms with Gasteiger partial charge in [0.15, 0.2) is 0 Å². The van der Waals surface area contributed by atoms with Crippen LogP contribution in [0.5, 0.6) is 0 Å². The van der Waals surface area contributed by atoms with Gasteiger partial charge in [-0.25, -0.2) is 0 Å². The highest BCUT2D eigenvalue weighted by atomic mass is 16.3. The molecule has 2 N–H and O–H groups in total. The Kier molecular flexibility index (Phi) is 3.21. The third-order valence-corrected chi connectivity index (χ3v) is 4.76. The Morgan fingerprint density at radius 3 is 2.59 bits per heavy atom. The van der Waals surface area contributed by atoms with Crippen molar-refractivity contribution in [3.05, 3.63) is 23.8 Å². The number of aliphatic hydroxyl groups is 2. The van der Waals surface area contributed by atoms with Crippen LogP contribution in [0.1, 0.15) is 40.0 Å². The molecule has 2 heteroatoms. The van der Waals surface area contributed by atoms with Gasteiger partial charge in [-0.15, -0.1) is 0 Å². The zero-order valence-electron chi connectivity index (χ0n) is 11.1. The van der Waals surface area contributed by atoms with Gasteiger partial charge in [0.2, 0.25) is 0 Å². The van der Waals surface area contributed by atoms with Crippen LogP contribution in [0, 0.1) is 17.3 Å². The van der Waals surface area contributed by atoms with E-state index in [2.05, 4.69) is 27.4 Å². The smallest absolute Gasteiger partial charge is 0.0760 e. The largest absolute Gasteiger partial charge is 0.393 e. The summed E-state index contributed by atoms with van der Waals surface area (Å²) in [6.07, 6.45) is 3.80. The Balaban J connectivity index is 2.42. The third-order valence-electron chi connectivity index (χ3n) is 4.76. The summed E-state index contributed by atoms with van der Waals surface area (Å²) in [5.74, 6) is 0.734. The lowest BCUT2D eigenvalue weighted by atomic mass is 9.58. The molecule has 0 aromatic heterocycles. The molecule has 0 aromatic carbocycles. The highest BCUT2D eigenvalue weighted by molar-refractivity contribution is 5.24. The van der Waals surface area contributed by atoms with Gasteiger partial charge in [0.25, 0.3) is 0 Å². The van der Waals surface area contributed by atoms with Gasteiger partial charge in [-0.3, -0.25) is 0 Å². The van der Waals surface area contributed by atoms with Crippen molar-refractivity contribution in [2.75, 3.05) is 0 Å². The van der Waals surface area contributed by atoms with Crippen molar-refractivity contribution in [2.24, 2.45) is 17.3 Å². The second-order valence-corrected chi connectivity index (χ2v) is 6.34. The summed E-state index contributed by atoms with van der Waals surface area (Å²) in [6, 6.07) is 0. The molecule has 1 saturated carbocycles. The third kappa shape index (κ3) is 2.09. The van der Waals surface area contributed by atoms with Crippen LogP contribution in [0.15, 0.2) is 23.8 Å². The first-order valence-corrected chi connectivity index (χ1v) is 6.56. The fourth-order valence-corrected chi connectivity index (χ4v) is 3.83. The number of rotatable bonds is 0. The second kappa shape index (κ2) is 4.25. The Bertz CT molecular complexity index is 354. The molecular formula is C15H24O2. The maximum atomic E-state index is 10.2. The minimum atomic E-state index is -0.402. The predicted molar refractivity (Wildman–Crippen MR) is 69.5 cm³/mol. The van der Waals surface area contributed by atoms with E-state index in [1.807, 2.05) is 6.08 Å². The van der Waals surface area contributed by atoms with Crippen molar-refractivity contribution in [2.45, 2.75) is 52.2 Å². The lowest BCUT2D eigenvalue weighted by Gasteiger charge is -2.48. The quantitative estimate of drug-likeness (QED) is 0.635. The van der Waals surface area contributed by atoms with Crippen LogP contribution in [-0.2, 0) is 0 Å². The molecular weight excluding hydrogens is 212 g/mol. The predicted octanol–water partition coefficient (Wildman–Crippen LogP) is 2.67. The summed E-state index contributed by atoms with van der Waals surface area (Å²) in [4.78, 5) is 0. The highest BCUT2D eigenvalue weighted by Crippen LogP contribution is 2.51. The molecule has 0 saturated heterocycles. The molecule has 2 nitrogen and oxygen atoms in total. The van der Waals surface area contributed by atoms with E-state index in [1.54, 1.807) is 0 Å². The number of hydrogen-bond donors (Lipinski definition) is 2. The van der Waals surface area contributed by atoms with Gasteiger partial charge in [-0.05, 0) is 43.4 Å². The van der Waals surface area contributed by atoms with Crippen molar-refractivity contribution in [1.82, 2.24) is 0 Å². The molecule has 0 radical (unpaired) electrons. The molecule has 4 atom stereocenters. The number of allylic oxidation sites excluding steroid dienone is 1. The maximum absolute atomic E-state index is 10.2. The monoisotopic (exact) mass is 236 g/mol. The van der Waals surface area contributed by atoms with E-state index in [1.165, 1.54) is 5.57 Å². The van der Waals surface area contributed by atoms with Gasteiger partial charge >= 0.3 is 0 Å². The van der Waals surface area contributed by atoms with E-state index in [0.29, 0.717) is 18.3 Å². The zero-order chi connectivity index (χ0) is 12.8. The first-order valence-electron chi connectivity index (χ1n) is 6.56. The minimum absolute atomic E-state index is 0.128. The summed E-state index contributed by atoms with van der Waals surface area (Å²) in [7, 11) is 0. The van der Waals surface area contributed by atoms with Crippen LogP contribution < -0.4 is 0 Å². The van der Waals surface area contributed by atoms with E-state index >= 15 is 0 Å².